The van der Waals surface area contributed by atoms with E-state index in [-0.39, 0.29) is 43.3 Å². The van der Waals surface area contributed by atoms with Crippen LogP contribution in [-0.2, 0) is 26.3 Å². The highest BCUT2D eigenvalue weighted by Gasteiger charge is 2.40. The Morgan fingerprint density at radius 2 is 1.68 bits per heavy atom. The maximum absolute atomic E-state index is 15.7. The van der Waals surface area contributed by atoms with E-state index in [4.69, 9.17) is 0 Å². The lowest BCUT2D eigenvalue weighted by Crippen LogP contribution is -2.52. The number of aromatic amines is 1. The molecule has 0 spiro atoms. The van der Waals surface area contributed by atoms with Gasteiger partial charge in [-0.15, -0.1) is 0 Å². The SMILES string of the molecule is O=C1CCC(N2Cc3cc(C4CCN(CCC5CN(c6ccc(-c7cnc8[nH]cc(C(=O)c9c(F)ccc(NS(=O)(=O)N%10CC[C@@H](F)C%10)c9F)c8c7)cc6)C5)CC4)ccc3C2=O)C(=O)N1. The maximum Gasteiger partial charge on any atom is 0.301 e. The first-order valence-corrected chi connectivity index (χ1v) is 23.5. The Bertz CT molecular complexity index is 2840. The molecular formula is C47H47F3N8O6S. The molecule has 65 heavy (non-hydrogen) atoms. The smallest absolute Gasteiger partial charge is 0.301 e. The second-order valence-electron chi connectivity index (χ2n) is 17.8. The van der Waals surface area contributed by atoms with Crippen molar-refractivity contribution in [3.63, 3.8) is 0 Å². The molecular weight excluding hydrogens is 862 g/mol. The molecule has 18 heteroatoms. The number of ketones is 1. The molecule has 7 heterocycles. The highest BCUT2D eigenvalue weighted by Crippen LogP contribution is 2.36. The number of hydrogen-bond donors (Lipinski definition) is 3. The van der Waals surface area contributed by atoms with Crippen molar-refractivity contribution in [3.8, 4) is 11.1 Å². The number of alkyl halides is 1. The van der Waals surface area contributed by atoms with E-state index in [9.17, 15) is 32.0 Å². The van der Waals surface area contributed by atoms with Gasteiger partial charge in [-0.1, -0.05) is 24.3 Å². The molecule has 5 aliphatic rings. The van der Waals surface area contributed by atoms with Gasteiger partial charge >= 0.3 is 10.2 Å². The molecule has 4 saturated heterocycles. The van der Waals surface area contributed by atoms with Gasteiger partial charge in [0.05, 0.1) is 11.3 Å². The van der Waals surface area contributed by atoms with Gasteiger partial charge in [-0.05, 0) is 117 Å². The number of H-pyrrole nitrogens is 1. The third-order valence-corrected chi connectivity index (χ3v) is 15.2. The van der Waals surface area contributed by atoms with Crippen LogP contribution in [0.5, 0.6) is 0 Å². The number of imide groups is 1. The van der Waals surface area contributed by atoms with Crippen LogP contribution in [0.3, 0.4) is 0 Å². The van der Waals surface area contributed by atoms with Gasteiger partial charge in [-0.2, -0.15) is 12.7 Å². The third-order valence-electron chi connectivity index (χ3n) is 13.7. The number of anilines is 2. The predicted molar refractivity (Wildman–Crippen MR) is 236 cm³/mol. The molecule has 0 saturated carbocycles. The molecule has 2 aromatic heterocycles. The fraction of sp³-hybridized carbons (Fsp3) is 0.383. The van der Waals surface area contributed by atoms with Crippen molar-refractivity contribution in [2.75, 3.05) is 55.4 Å². The van der Waals surface area contributed by atoms with Crippen LogP contribution in [-0.4, -0.2) is 114 Å². The first-order chi connectivity index (χ1) is 31.3. The fourth-order valence-electron chi connectivity index (χ4n) is 9.96. The number of likely N-dealkylation sites (tertiary alicyclic amines) is 1. The van der Waals surface area contributed by atoms with Crippen molar-refractivity contribution in [2.24, 2.45) is 5.92 Å². The van der Waals surface area contributed by atoms with E-state index in [1.54, 1.807) is 17.2 Å². The van der Waals surface area contributed by atoms with Crippen molar-refractivity contribution < 1.29 is 40.8 Å². The highest BCUT2D eigenvalue weighted by atomic mass is 32.2. The summed E-state index contributed by atoms with van der Waals surface area (Å²) in [5, 5.41) is 2.70. The Balaban J connectivity index is 0.716. The van der Waals surface area contributed by atoms with Gasteiger partial charge in [0, 0.05) is 79.3 Å². The quantitative estimate of drug-likeness (QED) is 0.102. The Kier molecular flexibility index (Phi) is 11.2. The van der Waals surface area contributed by atoms with Gasteiger partial charge in [0.25, 0.3) is 5.91 Å². The van der Waals surface area contributed by atoms with E-state index < -0.39 is 57.0 Å². The zero-order chi connectivity index (χ0) is 45.1. The Labute approximate surface area is 373 Å². The second kappa shape index (κ2) is 17.0. The van der Waals surface area contributed by atoms with Crippen LogP contribution >= 0.6 is 0 Å². The lowest BCUT2D eigenvalue weighted by Gasteiger charge is -2.42. The number of carbonyl (C=O) groups is 4. The number of hydrogen-bond acceptors (Lipinski definition) is 9. The number of piperidine rings is 2. The number of nitrogens with zero attached hydrogens (tertiary/aromatic N) is 5. The van der Waals surface area contributed by atoms with Gasteiger partial charge in [0.15, 0.2) is 5.82 Å². The number of amides is 3. The first-order valence-electron chi connectivity index (χ1n) is 22.1. The molecule has 5 aliphatic heterocycles. The third kappa shape index (κ3) is 8.27. The molecule has 3 aromatic carbocycles. The topological polar surface area (TPSA) is 168 Å². The second-order valence-corrected chi connectivity index (χ2v) is 19.5. The highest BCUT2D eigenvalue weighted by molar-refractivity contribution is 7.90. The van der Waals surface area contributed by atoms with Crippen LogP contribution in [0.15, 0.2) is 73.1 Å². The van der Waals surface area contributed by atoms with Gasteiger partial charge < -0.3 is 19.7 Å². The summed E-state index contributed by atoms with van der Waals surface area (Å²) in [4.78, 5) is 64.8. The number of rotatable bonds is 12. The van der Waals surface area contributed by atoms with Crippen molar-refractivity contribution in [3.05, 3.63) is 113 Å². The van der Waals surface area contributed by atoms with Crippen LogP contribution in [0.4, 0.5) is 24.5 Å². The summed E-state index contributed by atoms with van der Waals surface area (Å²) in [6.07, 6.45) is 5.39. The molecule has 4 fully saturated rings. The molecule has 2 atom stereocenters. The Morgan fingerprint density at radius 3 is 2.42 bits per heavy atom. The average molecular weight is 909 g/mol. The minimum atomic E-state index is -4.35. The molecule has 0 radical (unpaired) electrons. The standard InChI is InChI=1S/C47H47F3N8O6S/c48-33-14-18-57(26-33)65(63,64)54-39-8-7-38(49)42(43(39)50)44(60)37-22-52-45-36(37)20-31(21-51-45)28-1-4-34(5-2-28)56-23-27(24-56)11-15-55-16-12-29(13-17-55)30-3-6-35-32(19-30)25-58(47(35)62)40-9-10-41(59)53-46(40)61/h1-8,19-22,27,29,33,40,54H,9-18,23-26H2,(H,51,52)(H,53,59,61)/t33-,40?/m1/s1. The largest absolute Gasteiger partial charge is 0.371 e. The summed E-state index contributed by atoms with van der Waals surface area (Å²) in [6.45, 7) is 4.86. The monoisotopic (exact) mass is 908 g/mol. The minimum Gasteiger partial charge on any atom is -0.371 e. The van der Waals surface area contributed by atoms with Crippen molar-refractivity contribution >= 4 is 56.1 Å². The van der Waals surface area contributed by atoms with Gasteiger partial charge in [0.1, 0.15) is 23.7 Å². The number of pyridine rings is 1. The van der Waals surface area contributed by atoms with E-state index in [0.717, 1.165) is 85.2 Å². The van der Waals surface area contributed by atoms with Gasteiger partial charge in [-0.3, -0.25) is 29.2 Å². The Hall–Kier alpha value is -6.11. The molecule has 5 aromatic rings. The summed E-state index contributed by atoms with van der Waals surface area (Å²) < 4.78 is 73.0. The number of fused-ring (bicyclic) bond motifs is 2. The van der Waals surface area contributed by atoms with Crippen LogP contribution in [0.25, 0.3) is 22.2 Å². The molecule has 0 bridgehead atoms. The lowest BCUT2D eigenvalue weighted by atomic mass is 9.87. The van der Waals surface area contributed by atoms with E-state index in [1.165, 1.54) is 11.8 Å². The number of aromatic nitrogens is 2. The van der Waals surface area contributed by atoms with Crippen LogP contribution < -0.4 is 14.9 Å². The number of halogens is 3. The number of carbonyl (C=O) groups excluding carboxylic acids is 4. The Morgan fingerprint density at radius 1 is 0.892 bits per heavy atom. The zero-order valence-corrected chi connectivity index (χ0v) is 36.2. The summed E-state index contributed by atoms with van der Waals surface area (Å²) in [6, 6.07) is 16.9. The maximum atomic E-state index is 15.7. The zero-order valence-electron chi connectivity index (χ0n) is 35.4. The van der Waals surface area contributed by atoms with Gasteiger partial charge in [-0.25, -0.2) is 18.2 Å². The minimum absolute atomic E-state index is 0.00471. The molecule has 14 nitrogen and oxygen atoms in total. The molecule has 0 aliphatic carbocycles. The van der Waals surface area contributed by atoms with E-state index in [2.05, 4.69) is 37.2 Å². The van der Waals surface area contributed by atoms with Crippen LogP contribution in [0, 0.1) is 17.6 Å². The molecule has 1 unspecified atom stereocenters. The number of nitrogens with one attached hydrogen (secondary N) is 3. The van der Waals surface area contributed by atoms with Crippen molar-refractivity contribution in [1.29, 1.82) is 0 Å². The lowest BCUT2D eigenvalue weighted by molar-refractivity contribution is -0.136. The van der Waals surface area contributed by atoms with Crippen LogP contribution in [0.2, 0.25) is 0 Å². The molecule has 3 N–H and O–H groups in total. The predicted octanol–water partition coefficient (Wildman–Crippen LogP) is 5.91. The van der Waals surface area contributed by atoms with Crippen LogP contribution in [0.1, 0.15) is 81.8 Å². The summed E-state index contributed by atoms with van der Waals surface area (Å²) in [5.74, 6) is -3.40. The summed E-state index contributed by atoms with van der Waals surface area (Å²) >= 11 is 0. The van der Waals surface area contributed by atoms with E-state index >= 15 is 8.78 Å². The first kappa shape index (κ1) is 42.8. The van der Waals surface area contributed by atoms with Crippen molar-refractivity contribution in [2.45, 2.75) is 63.2 Å². The van der Waals surface area contributed by atoms with E-state index in [1.807, 2.05) is 35.1 Å². The molecule has 3 amide bonds. The molecule has 10 rings (SSSR count). The van der Waals surface area contributed by atoms with Crippen molar-refractivity contribution in [1.82, 2.24) is 29.4 Å². The fourth-order valence-corrected chi connectivity index (χ4v) is 11.2. The number of benzene rings is 3. The normalized spacial score (nSPS) is 21.2. The summed E-state index contributed by atoms with van der Waals surface area (Å²) in [5.41, 5.74) is 4.16. The average Bonchev–Trinajstić information content (AvgIpc) is 4.01. The molecule has 338 valence electrons. The summed E-state index contributed by atoms with van der Waals surface area (Å²) in [7, 11) is -4.35. The van der Waals surface area contributed by atoms with E-state index in [0.29, 0.717) is 47.0 Å². The van der Waals surface area contributed by atoms with Gasteiger partial charge in [0.2, 0.25) is 17.6 Å².